The molecule has 1 aromatic heterocycles. The molecule has 1 atom stereocenters. The number of hydrogen-bond acceptors (Lipinski definition) is 4. The van der Waals surface area contributed by atoms with Crippen LogP contribution in [0.3, 0.4) is 0 Å². The van der Waals surface area contributed by atoms with Crippen molar-refractivity contribution in [2.45, 2.75) is 32.5 Å². The molecule has 0 aliphatic carbocycles. The van der Waals surface area contributed by atoms with Gasteiger partial charge in [-0.3, -0.25) is 0 Å². The smallest absolute Gasteiger partial charge is 0.143 e. The first-order valence-corrected chi connectivity index (χ1v) is 6.78. The van der Waals surface area contributed by atoms with Crippen molar-refractivity contribution in [3.05, 3.63) is 30.3 Å². The highest BCUT2D eigenvalue weighted by atomic mass is 19.1. The molecular formula is C15H18FN3O. The number of nitrogens with zero attached hydrogens (tertiary/aromatic N) is 3. The van der Waals surface area contributed by atoms with Gasteiger partial charge < -0.3 is 9.64 Å². The quantitative estimate of drug-likeness (QED) is 0.802. The second-order valence-corrected chi connectivity index (χ2v) is 5.90. The van der Waals surface area contributed by atoms with Crippen LogP contribution in [-0.4, -0.2) is 34.8 Å². The van der Waals surface area contributed by atoms with Gasteiger partial charge in [0.15, 0.2) is 0 Å². The predicted octanol–water partition coefficient (Wildman–Crippen LogP) is 2.77. The first kappa shape index (κ1) is 13.2. The zero-order valence-electron chi connectivity index (χ0n) is 11.9. The van der Waals surface area contributed by atoms with Gasteiger partial charge in [0.2, 0.25) is 0 Å². The fraction of sp³-hybridized carbons (Fsp3) is 0.467. The first-order valence-electron chi connectivity index (χ1n) is 6.78. The minimum Gasteiger partial charge on any atom is -0.369 e. The van der Waals surface area contributed by atoms with Crippen LogP contribution in [0.2, 0.25) is 0 Å². The summed E-state index contributed by atoms with van der Waals surface area (Å²) in [5, 5.41) is 0.486. The third-order valence-corrected chi connectivity index (χ3v) is 3.46. The summed E-state index contributed by atoms with van der Waals surface area (Å²) in [6, 6.07) is 4.92. The van der Waals surface area contributed by atoms with Crippen LogP contribution < -0.4 is 4.90 Å². The summed E-state index contributed by atoms with van der Waals surface area (Å²) in [6.07, 6.45) is 1.57. The normalized spacial score (nSPS) is 22.2. The van der Waals surface area contributed by atoms with Crippen LogP contribution in [0.25, 0.3) is 10.9 Å². The molecule has 2 heterocycles. The van der Waals surface area contributed by atoms with Gasteiger partial charge in [0.25, 0.3) is 0 Å². The summed E-state index contributed by atoms with van der Waals surface area (Å²) in [6.45, 7) is 7.47. The molecule has 5 heteroatoms. The fourth-order valence-electron chi connectivity index (χ4n) is 2.91. The molecule has 0 unspecified atom stereocenters. The second kappa shape index (κ2) is 4.66. The van der Waals surface area contributed by atoms with E-state index in [2.05, 4.69) is 14.9 Å². The second-order valence-electron chi connectivity index (χ2n) is 5.90. The van der Waals surface area contributed by atoms with Crippen molar-refractivity contribution >= 4 is 16.7 Å². The third-order valence-electron chi connectivity index (χ3n) is 3.46. The van der Waals surface area contributed by atoms with Gasteiger partial charge in [0.05, 0.1) is 22.6 Å². The number of aromatic nitrogens is 2. The first-order chi connectivity index (χ1) is 9.46. The van der Waals surface area contributed by atoms with Gasteiger partial charge in [-0.2, -0.15) is 0 Å². The largest absolute Gasteiger partial charge is 0.369 e. The highest BCUT2D eigenvalue weighted by molar-refractivity contribution is 5.89. The van der Waals surface area contributed by atoms with Crippen LogP contribution in [0.4, 0.5) is 10.2 Å². The zero-order valence-corrected chi connectivity index (χ0v) is 11.9. The fourth-order valence-corrected chi connectivity index (χ4v) is 2.91. The molecule has 1 saturated heterocycles. The third kappa shape index (κ3) is 2.33. The maximum absolute atomic E-state index is 14.2. The molecule has 0 spiro atoms. The molecule has 4 nitrogen and oxygen atoms in total. The van der Waals surface area contributed by atoms with Gasteiger partial charge in [0, 0.05) is 13.1 Å². The minimum atomic E-state index is -0.282. The van der Waals surface area contributed by atoms with Crippen molar-refractivity contribution in [3.8, 4) is 0 Å². The Kier molecular flexibility index (Phi) is 3.09. The van der Waals surface area contributed by atoms with Crippen molar-refractivity contribution in [2.24, 2.45) is 0 Å². The Bertz CT molecular complexity index is 639. The van der Waals surface area contributed by atoms with Crippen molar-refractivity contribution in [3.63, 3.8) is 0 Å². The van der Waals surface area contributed by atoms with Gasteiger partial charge in [-0.05, 0) is 32.9 Å². The molecule has 1 aliphatic rings. The van der Waals surface area contributed by atoms with Crippen LogP contribution in [0.5, 0.6) is 0 Å². The Morgan fingerprint density at radius 1 is 1.35 bits per heavy atom. The van der Waals surface area contributed by atoms with E-state index in [1.807, 2.05) is 20.8 Å². The molecule has 20 heavy (non-hydrogen) atoms. The lowest BCUT2D eigenvalue weighted by Crippen LogP contribution is -2.52. The lowest BCUT2D eigenvalue weighted by atomic mass is 10.0. The standard InChI is InChI=1S/C15H18FN3O/c1-10-7-19(8-15(2,3)20-10)14-13-11(16)5-4-6-12(13)17-9-18-14/h4-6,9-10H,7-8H2,1-3H3/t10-/m0/s1. The molecule has 2 aromatic rings. The molecule has 1 fully saturated rings. The van der Waals surface area contributed by atoms with Crippen LogP contribution in [-0.2, 0) is 4.74 Å². The molecule has 106 valence electrons. The number of rotatable bonds is 1. The number of ether oxygens (including phenoxy) is 1. The minimum absolute atomic E-state index is 0.0792. The molecular weight excluding hydrogens is 257 g/mol. The number of halogens is 1. The Balaban J connectivity index is 2.10. The molecule has 3 rings (SSSR count). The van der Waals surface area contributed by atoms with E-state index in [0.29, 0.717) is 29.8 Å². The van der Waals surface area contributed by atoms with Crippen LogP contribution in [0.1, 0.15) is 20.8 Å². The molecule has 0 saturated carbocycles. The average molecular weight is 275 g/mol. The summed E-state index contributed by atoms with van der Waals surface area (Å²) >= 11 is 0. The van der Waals surface area contributed by atoms with Crippen molar-refractivity contribution < 1.29 is 9.13 Å². The van der Waals surface area contributed by atoms with Gasteiger partial charge >= 0.3 is 0 Å². The number of fused-ring (bicyclic) bond motifs is 1. The lowest BCUT2D eigenvalue weighted by molar-refractivity contribution is -0.0751. The van der Waals surface area contributed by atoms with E-state index in [0.717, 1.165) is 0 Å². The number of morpholine rings is 1. The van der Waals surface area contributed by atoms with E-state index in [1.54, 1.807) is 12.1 Å². The van der Waals surface area contributed by atoms with E-state index in [1.165, 1.54) is 12.4 Å². The summed E-state index contributed by atoms with van der Waals surface area (Å²) in [7, 11) is 0. The van der Waals surface area contributed by atoms with E-state index in [-0.39, 0.29) is 17.5 Å². The molecule has 1 aromatic carbocycles. The van der Waals surface area contributed by atoms with Crippen LogP contribution >= 0.6 is 0 Å². The average Bonchev–Trinajstić information content (AvgIpc) is 2.36. The molecule has 0 amide bonds. The van der Waals surface area contributed by atoms with E-state index in [4.69, 9.17) is 4.74 Å². The van der Waals surface area contributed by atoms with Crippen LogP contribution in [0.15, 0.2) is 24.5 Å². The van der Waals surface area contributed by atoms with Gasteiger partial charge in [-0.1, -0.05) is 6.07 Å². The Labute approximate surface area is 117 Å². The summed E-state index contributed by atoms with van der Waals surface area (Å²) in [4.78, 5) is 10.5. The summed E-state index contributed by atoms with van der Waals surface area (Å²) in [5.74, 6) is 0.367. The predicted molar refractivity (Wildman–Crippen MR) is 76.3 cm³/mol. The summed E-state index contributed by atoms with van der Waals surface area (Å²) < 4.78 is 20.0. The lowest BCUT2D eigenvalue weighted by Gasteiger charge is -2.42. The Morgan fingerprint density at radius 2 is 2.15 bits per heavy atom. The molecule has 1 aliphatic heterocycles. The van der Waals surface area contributed by atoms with Gasteiger partial charge in [0.1, 0.15) is 18.0 Å². The number of hydrogen-bond donors (Lipinski definition) is 0. The van der Waals surface area contributed by atoms with Gasteiger partial charge in [-0.25, -0.2) is 14.4 Å². The maximum atomic E-state index is 14.2. The topological polar surface area (TPSA) is 38.2 Å². The maximum Gasteiger partial charge on any atom is 0.143 e. The number of anilines is 1. The molecule has 0 bridgehead atoms. The van der Waals surface area contributed by atoms with Crippen molar-refractivity contribution in [1.29, 1.82) is 0 Å². The van der Waals surface area contributed by atoms with Crippen molar-refractivity contribution in [2.75, 3.05) is 18.0 Å². The van der Waals surface area contributed by atoms with Crippen molar-refractivity contribution in [1.82, 2.24) is 9.97 Å². The zero-order chi connectivity index (χ0) is 14.3. The Hall–Kier alpha value is -1.75. The highest BCUT2D eigenvalue weighted by Gasteiger charge is 2.33. The molecule has 0 N–H and O–H groups in total. The van der Waals surface area contributed by atoms with E-state index < -0.39 is 0 Å². The number of benzene rings is 1. The van der Waals surface area contributed by atoms with Crippen LogP contribution in [0, 0.1) is 5.82 Å². The Morgan fingerprint density at radius 3 is 2.90 bits per heavy atom. The monoisotopic (exact) mass is 275 g/mol. The van der Waals surface area contributed by atoms with E-state index in [9.17, 15) is 4.39 Å². The highest BCUT2D eigenvalue weighted by Crippen LogP contribution is 2.30. The molecule has 0 radical (unpaired) electrons. The van der Waals surface area contributed by atoms with Gasteiger partial charge in [-0.15, -0.1) is 0 Å². The summed E-state index contributed by atoms with van der Waals surface area (Å²) in [5.41, 5.74) is 0.354. The van der Waals surface area contributed by atoms with E-state index >= 15 is 0 Å². The SMILES string of the molecule is C[C@H]1CN(c2ncnc3cccc(F)c23)CC(C)(C)O1.